The van der Waals surface area contributed by atoms with Gasteiger partial charge in [0.2, 0.25) is 0 Å². The Hall–Kier alpha value is -0.800. The molecule has 0 amide bonds. The number of hydrogen-bond acceptors (Lipinski definition) is 3. The summed E-state index contributed by atoms with van der Waals surface area (Å²) in [5, 5.41) is 19.3. The minimum absolute atomic E-state index is 0.258. The van der Waals surface area contributed by atoms with Gasteiger partial charge in [0.05, 0.1) is 5.56 Å². The van der Waals surface area contributed by atoms with Crippen molar-refractivity contribution in [3.63, 3.8) is 0 Å². The molecule has 0 atom stereocenters. The van der Waals surface area contributed by atoms with Gasteiger partial charge in [-0.05, 0) is 34.7 Å². The second-order valence-electron chi connectivity index (χ2n) is 2.53. The fourth-order valence-electron chi connectivity index (χ4n) is 1.19. The van der Waals surface area contributed by atoms with E-state index in [9.17, 15) is 5.11 Å². The molecular formula is C9H4INOS. The van der Waals surface area contributed by atoms with Crippen LogP contribution in [-0.4, -0.2) is 5.11 Å². The van der Waals surface area contributed by atoms with Crippen molar-refractivity contribution >= 4 is 44.0 Å². The number of halogens is 1. The molecule has 2 aromatic rings. The average molecular weight is 301 g/mol. The molecule has 0 aliphatic heterocycles. The smallest absolute Gasteiger partial charge is 0.172 e. The van der Waals surface area contributed by atoms with Gasteiger partial charge in [-0.25, -0.2) is 0 Å². The van der Waals surface area contributed by atoms with Crippen LogP contribution in [0.2, 0.25) is 0 Å². The molecule has 0 bridgehead atoms. The van der Waals surface area contributed by atoms with Gasteiger partial charge in [-0.3, -0.25) is 0 Å². The van der Waals surface area contributed by atoms with Crippen molar-refractivity contribution in [2.75, 3.05) is 0 Å². The van der Waals surface area contributed by atoms with Crippen LogP contribution in [0.4, 0.5) is 0 Å². The quantitative estimate of drug-likeness (QED) is 0.760. The third kappa shape index (κ3) is 1.38. The van der Waals surface area contributed by atoms with E-state index < -0.39 is 0 Å². The second-order valence-corrected chi connectivity index (χ2v) is 4.76. The lowest BCUT2D eigenvalue weighted by molar-refractivity contribution is 0.491. The van der Waals surface area contributed by atoms with Gasteiger partial charge in [0.1, 0.15) is 6.07 Å². The predicted octanol–water partition coefficient (Wildman–Crippen LogP) is 3.08. The number of thiophene rings is 1. The summed E-state index contributed by atoms with van der Waals surface area (Å²) in [6.07, 6.45) is 0. The minimum atomic E-state index is 0.258. The van der Waals surface area contributed by atoms with E-state index in [4.69, 9.17) is 5.26 Å². The van der Waals surface area contributed by atoms with Gasteiger partial charge in [-0.1, -0.05) is 11.3 Å². The molecule has 1 heterocycles. The molecule has 0 fully saturated rings. The third-order valence-corrected chi connectivity index (χ3v) is 3.55. The van der Waals surface area contributed by atoms with Crippen molar-refractivity contribution in [1.82, 2.24) is 0 Å². The number of fused-ring (bicyclic) bond motifs is 1. The van der Waals surface area contributed by atoms with Crippen LogP contribution in [-0.2, 0) is 0 Å². The van der Waals surface area contributed by atoms with Crippen molar-refractivity contribution in [2.24, 2.45) is 0 Å². The van der Waals surface area contributed by atoms with Crippen molar-refractivity contribution < 1.29 is 5.11 Å². The van der Waals surface area contributed by atoms with E-state index in [1.54, 1.807) is 6.07 Å². The fourth-order valence-corrected chi connectivity index (χ4v) is 2.59. The van der Waals surface area contributed by atoms with Crippen LogP contribution < -0.4 is 0 Å². The summed E-state index contributed by atoms with van der Waals surface area (Å²) in [6, 6.07) is 7.58. The van der Waals surface area contributed by atoms with Gasteiger partial charge in [0, 0.05) is 19.7 Å². The number of rotatable bonds is 0. The zero-order valence-electron chi connectivity index (χ0n) is 6.41. The van der Waals surface area contributed by atoms with Crippen molar-refractivity contribution in [3.8, 4) is 11.1 Å². The maximum atomic E-state index is 9.27. The monoisotopic (exact) mass is 301 g/mol. The van der Waals surface area contributed by atoms with E-state index in [1.165, 1.54) is 11.3 Å². The van der Waals surface area contributed by atoms with Crippen LogP contribution in [0.5, 0.6) is 5.06 Å². The normalized spacial score (nSPS) is 10.2. The van der Waals surface area contributed by atoms with E-state index in [0.29, 0.717) is 5.56 Å². The van der Waals surface area contributed by atoms with Gasteiger partial charge in [-0.2, -0.15) is 5.26 Å². The zero-order valence-corrected chi connectivity index (χ0v) is 9.39. The largest absolute Gasteiger partial charge is 0.499 e. The van der Waals surface area contributed by atoms with Crippen LogP contribution >= 0.6 is 33.9 Å². The standard InChI is InChI=1S/C9H4INOS/c10-7-1-2-8-5(6(7)4-11)3-9(12)13-8/h1-3,12H. The van der Waals surface area contributed by atoms with Crippen LogP contribution in [0.3, 0.4) is 0 Å². The Bertz CT molecular complexity index is 512. The topological polar surface area (TPSA) is 44.0 Å². The molecule has 1 aromatic heterocycles. The molecule has 2 rings (SSSR count). The number of aromatic hydroxyl groups is 1. The Kier molecular flexibility index (Phi) is 2.14. The molecule has 0 aliphatic carbocycles. The summed E-state index contributed by atoms with van der Waals surface area (Å²) < 4.78 is 1.87. The Morgan fingerprint density at radius 3 is 2.92 bits per heavy atom. The van der Waals surface area contributed by atoms with Gasteiger partial charge < -0.3 is 5.11 Å². The average Bonchev–Trinajstić information content (AvgIpc) is 2.45. The lowest BCUT2D eigenvalue weighted by Crippen LogP contribution is -1.80. The highest BCUT2D eigenvalue weighted by molar-refractivity contribution is 14.1. The summed E-state index contributed by atoms with van der Waals surface area (Å²) in [7, 11) is 0. The van der Waals surface area contributed by atoms with Gasteiger partial charge >= 0.3 is 0 Å². The molecule has 13 heavy (non-hydrogen) atoms. The van der Waals surface area contributed by atoms with Gasteiger partial charge in [0.25, 0.3) is 0 Å². The minimum Gasteiger partial charge on any atom is -0.499 e. The summed E-state index contributed by atoms with van der Waals surface area (Å²) in [5.41, 5.74) is 0.648. The first kappa shape index (κ1) is 8.78. The highest BCUT2D eigenvalue weighted by atomic mass is 127. The molecule has 1 N–H and O–H groups in total. The highest BCUT2D eigenvalue weighted by Gasteiger charge is 2.08. The fraction of sp³-hybridized carbons (Fsp3) is 0. The number of nitrogens with zero attached hydrogens (tertiary/aromatic N) is 1. The van der Waals surface area contributed by atoms with Crippen molar-refractivity contribution in [2.45, 2.75) is 0 Å². The number of hydrogen-bond donors (Lipinski definition) is 1. The first-order chi connectivity index (χ1) is 6.22. The lowest BCUT2D eigenvalue weighted by atomic mass is 10.1. The molecule has 0 saturated carbocycles. The van der Waals surface area contributed by atoms with E-state index in [-0.39, 0.29) is 5.06 Å². The maximum absolute atomic E-state index is 9.27. The van der Waals surface area contributed by atoms with Gasteiger partial charge in [-0.15, -0.1) is 0 Å². The predicted molar refractivity (Wildman–Crippen MR) is 60.9 cm³/mol. The molecule has 2 nitrogen and oxygen atoms in total. The molecule has 1 aromatic carbocycles. The summed E-state index contributed by atoms with van der Waals surface area (Å²) >= 11 is 3.41. The third-order valence-electron chi connectivity index (χ3n) is 1.75. The molecular weight excluding hydrogens is 297 g/mol. The Morgan fingerprint density at radius 1 is 1.46 bits per heavy atom. The number of benzene rings is 1. The molecule has 0 spiro atoms. The molecule has 0 aliphatic rings. The van der Waals surface area contributed by atoms with E-state index in [2.05, 4.69) is 28.7 Å². The Morgan fingerprint density at radius 2 is 2.23 bits per heavy atom. The SMILES string of the molecule is N#Cc1c(I)ccc2sc(O)cc12. The van der Waals surface area contributed by atoms with Crippen LogP contribution in [0.25, 0.3) is 10.1 Å². The molecule has 4 heteroatoms. The molecule has 0 radical (unpaired) electrons. The first-order valence-electron chi connectivity index (χ1n) is 3.53. The summed E-state index contributed by atoms with van der Waals surface area (Å²) in [4.78, 5) is 0. The van der Waals surface area contributed by atoms with E-state index >= 15 is 0 Å². The molecule has 0 saturated heterocycles. The zero-order chi connectivity index (χ0) is 9.42. The molecule has 0 unspecified atom stereocenters. The van der Waals surface area contributed by atoms with Crippen LogP contribution in [0.1, 0.15) is 5.56 Å². The lowest BCUT2D eigenvalue weighted by Gasteiger charge is -1.95. The summed E-state index contributed by atoms with van der Waals surface area (Å²) in [5.74, 6) is 0. The van der Waals surface area contributed by atoms with E-state index in [1.807, 2.05) is 12.1 Å². The maximum Gasteiger partial charge on any atom is 0.172 e. The second kappa shape index (κ2) is 3.16. The van der Waals surface area contributed by atoms with Crippen molar-refractivity contribution in [1.29, 1.82) is 5.26 Å². The van der Waals surface area contributed by atoms with Gasteiger partial charge in [0.15, 0.2) is 5.06 Å². The molecule has 64 valence electrons. The first-order valence-corrected chi connectivity index (χ1v) is 5.43. The van der Waals surface area contributed by atoms with Crippen LogP contribution in [0, 0.1) is 14.9 Å². The van der Waals surface area contributed by atoms with Crippen molar-refractivity contribution in [3.05, 3.63) is 27.3 Å². The van der Waals surface area contributed by atoms with Crippen LogP contribution in [0.15, 0.2) is 18.2 Å². The van der Waals surface area contributed by atoms with E-state index in [0.717, 1.165) is 13.7 Å². The number of nitriles is 1. The Labute approximate surface area is 92.6 Å². The summed E-state index contributed by atoms with van der Waals surface area (Å²) in [6.45, 7) is 0. The Balaban J connectivity index is 2.93. The highest BCUT2D eigenvalue weighted by Crippen LogP contribution is 2.34.